The predicted molar refractivity (Wildman–Crippen MR) is 123 cm³/mol. The second kappa shape index (κ2) is 9.84. The largest absolute Gasteiger partial charge is 0.493 e. The highest BCUT2D eigenvalue weighted by Gasteiger charge is 2.27. The third-order valence-corrected chi connectivity index (χ3v) is 6.72. The minimum atomic E-state index is -3.97. The van der Waals surface area contributed by atoms with E-state index < -0.39 is 22.5 Å². The van der Waals surface area contributed by atoms with Crippen molar-refractivity contribution in [1.29, 1.82) is 0 Å². The maximum Gasteiger partial charge on any atom is 0.264 e. The van der Waals surface area contributed by atoms with Gasteiger partial charge in [-0.25, -0.2) is 8.42 Å². The molecule has 31 heavy (non-hydrogen) atoms. The fourth-order valence-electron chi connectivity index (χ4n) is 2.89. The van der Waals surface area contributed by atoms with Crippen molar-refractivity contribution in [3.05, 3.63) is 77.3 Å². The van der Waals surface area contributed by atoms with E-state index in [9.17, 15) is 13.2 Å². The summed E-state index contributed by atoms with van der Waals surface area (Å²) in [6.45, 7) is -0.410. The number of halogens is 1. The van der Waals surface area contributed by atoms with Crippen molar-refractivity contribution in [3.63, 3.8) is 0 Å². The number of sulfonamides is 1. The maximum absolute atomic E-state index is 13.3. The minimum absolute atomic E-state index is 0.0943. The first-order valence-electron chi connectivity index (χ1n) is 9.20. The zero-order chi connectivity index (χ0) is 22.4. The standard InChI is InChI=1S/C22H21BrN2O5S/c1-29-20-13-10-17(14-21(20)30-2)24-22(26)15-25(18-11-8-16(23)9-12-18)31(27,28)19-6-4-3-5-7-19/h3-14H,15H2,1-2H3,(H,24,26). The van der Waals surface area contributed by atoms with E-state index in [4.69, 9.17) is 9.47 Å². The molecule has 1 N–H and O–H groups in total. The third kappa shape index (κ3) is 5.36. The zero-order valence-corrected chi connectivity index (χ0v) is 19.3. The number of anilines is 2. The minimum Gasteiger partial charge on any atom is -0.493 e. The van der Waals surface area contributed by atoms with Gasteiger partial charge in [0.2, 0.25) is 5.91 Å². The van der Waals surface area contributed by atoms with Gasteiger partial charge < -0.3 is 14.8 Å². The molecule has 0 aliphatic carbocycles. The van der Waals surface area contributed by atoms with Crippen molar-refractivity contribution < 1.29 is 22.7 Å². The monoisotopic (exact) mass is 504 g/mol. The van der Waals surface area contributed by atoms with Gasteiger partial charge in [-0.15, -0.1) is 0 Å². The molecule has 0 radical (unpaired) electrons. The second-order valence-electron chi connectivity index (χ2n) is 6.42. The summed E-state index contributed by atoms with van der Waals surface area (Å²) in [7, 11) is -0.960. The number of hydrogen-bond acceptors (Lipinski definition) is 5. The number of benzene rings is 3. The molecule has 0 saturated carbocycles. The van der Waals surface area contributed by atoms with Crippen LogP contribution in [0.25, 0.3) is 0 Å². The average Bonchev–Trinajstić information content (AvgIpc) is 2.78. The van der Waals surface area contributed by atoms with E-state index in [-0.39, 0.29) is 4.90 Å². The predicted octanol–water partition coefficient (Wildman–Crippen LogP) is 4.30. The number of ether oxygens (including phenoxy) is 2. The van der Waals surface area contributed by atoms with Crippen LogP contribution in [0.15, 0.2) is 82.2 Å². The number of hydrogen-bond donors (Lipinski definition) is 1. The highest BCUT2D eigenvalue weighted by Crippen LogP contribution is 2.30. The molecular weight excluding hydrogens is 484 g/mol. The summed E-state index contributed by atoms with van der Waals surface area (Å²) < 4.78 is 38.9. The summed E-state index contributed by atoms with van der Waals surface area (Å²) in [5.41, 5.74) is 0.824. The number of carbonyl (C=O) groups excluding carboxylic acids is 1. The molecule has 7 nitrogen and oxygen atoms in total. The van der Waals surface area contributed by atoms with Gasteiger partial charge >= 0.3 is 0 Å². The number of nitrogens with zero attached hydrogens (tertiary/aromatic N) is 1. The Hall–Kier alpha value is -3.04. The van der Waals surface area contributed by atoms with Crippen LogP contribution < -0.4 is 19.1 Å². The SMILES string of the molecule is COc1ccc(NC(=O)CN(c2ccc(Br)cc2)S(=O)(=O)c2ccccc2)cc1OC. The lowest BCUT2D eigenvalue weighted by molar-refractivity contribution is -0.114. The van der Waals surface area contributed by atoms with Gasteiger partial charge in [-0.2, -0.15) is 0 Å². The molecule has 0 aliphatic heterocycles. The number of methoxy groups -OCH3 is 2. The van der Waals surface area contributed by atoms with E-state index in [2.05, 4.69) is 21.2 Å². The smallest absolute Gasteiger partial charge is 0.264 e. The van der Waals surface area contributed by atoms with Crippen LogP contribution in [0.2, 0.25) is 0 Å². The fourth-order valence-corrected chi connectivity index (χ4v) is 4.59. The topological polar surface area (TPSA) is 84.9 Å². The first-order valence-corrected chi connectivity index (χ1v) is 11.4. The number of amides is 1. The van der Waals surface area contributed by atoms with Crippen LogP contribution in [-0.2, 0) is 14.8 Å². The van der Waals surface area contributed by atoms with Crippen molar-refractivity contribution in [1.82, 2.24) is 0 Å². The molecule has 3 rings (SSSR count). The highest BCUT2D eigenvalue weighted by atomic mass is 79.9. The van der Waals surface area contributed by atoms with E-state index in [0.717, 1.165) is 8.78 Å². The van der Waals surface area contributed by atoms with Crippen LogP contribution >= 0.6 is 15.9 Å². The Bertz CT molecular complexity index is 1150. The van der Waals surface area contributed by atoms with Crippen molar-refractivity contribution in [2.24, 2.45) is 0 Å². The first kappa shape index (κ1) is 22.6. The van der Waals surface area contributed by atoms with Crippen LogP contribution in [0.5, 0.6) is 11.5 Å². The zero-order valence-electron chi connectivity index (χ0n) is 16.9. The molecule has 0 atom stereocenters. The van der Waals surface area contributed by atoms with Crippen LogP contribution in [0, 0.1) is 0 Å². The molecule has 0 saturated heterocycles. The van der Waals surface area contributed by atoms with Gasteiger partial charge in [0.05, 0.1) is 24.8 Å². The Kier molecular flexibility index (Phi) is 7.19. The Labute approximate surface area is 189 Å². The van der Waals surface area contributed by atoms with Gasteiger partial charge in [-0.05, 0) is 48.5 Å². The number of nitrogens with one attached hydrogen (secondary N) is 1. The molecule has 3 aromatic carbocycles. The molecule has 0 fully saturated rings. The molecule has 0 heterocycles. The lowest BCUT2D eigenvalue weighted by Crippen LogP contribution is -2.38. The summed E-state index contributed by atoms with van der Waals surface area (Å²) >= 11 is 3.34. The van der Waals surface area contributed by atoms with Gasteiger partial charge in [0.15, 0.2) is 11.5 Å². The van der Waals surface area contributed by atoms with E-state index in [0.29, 0.717) is 22.9 Å². The van der Waals surface area contributed by atoms with Gasteiger partial charge in [0.1, 0.15) is 6.54 Å². The average molecular weight is 505 g/mol. The van der Waals surface area contributed by atoms with Gasteiger partial charge in [-0.3, -0.25) is 9.10 Å². The Balaban J connectivity index is 1.90. The van der Waals surface area contributed by atoms with Gasteiger partial charge in [0, 0.05) is 16.2 Å². The van der Waals surface area contributed by atoms with E-state index >= 15 is 0 Å². The molecule has 0 bridgehead atoms. The van der Waals surface area contributed by atoms with Crippen molar-refractivity contribution in [3.8, 4) is 11.5 Å². The molecule has 1 amide bonds. The molecule has 0 aliphatic rings. The van der Waals surface area contributed by atoms with Crippen LogP contribution in [0.3, 0.4) is 0 Å². The molecule has 0 spiro atoms. The van der Waals surface area contributed by atoms with Gasteiger partial charge in [-0.1, -0.05) is 34.1 Å². The second-order valence-corrected chi connectivity index (χ2v) is 9.20. The van der Waals surface area contributed by atoms with E-state index in [1.807, 2.05) is 0 Å². The first-order chi connectivity index (χ1) is 14.8. The third-order valence-electron chi connectivity index (χ3n) is 4.40. The summed E-state index contributed by atoms with van der Waals surface area (Å²) in [6.07, 6.45) is 0. The Morgan fingerprint density at radius 3 is 2.19 bits per heavy atom. The van der Waals surface area contributed by atoms with E-state index in [1.165, 1.54) is 26.4 Å². The van der Waals surface area contributed by atoms with Crippen LogP contribution in [-0.4, -0.2) is 35.1 Å². The van der Waals surface area contributed by atoms with Crippen LogP contribution in [0.4, 0.5) is 11.4 Å². The Morgan fingerprint density at radius 1 is 0.935 bits per heavy atom. The quantitative estimate of drug-likeness (QED) is 0.494. The Morgan fingerprint density at radius 2 is 1.58 bits per heavy atom. The van der Waals surface area contributed by atoms with Crippen molar-refractivity contribution >= 4 is 43.2 Å². The molecule has 3 aromatic rings. The molecule has 9 heteroatoms. The normalized spacial score (nSPS) is 10.9. The van der Waals surface area contributed by atoms with Gasteiger partial charge in [0.25, 0.3) is 10.0 Å². The van der Waals surface area contributed by atoms with E-state index in [1.54, 1.807) is 60.7 Å². The maximum atomic E-state index is 13.3. The summed E-state index contributed by atoms with van der Waals surface area (Å²) in [6, 6.07) is 19.6. The van der Waals surface area contributed by atoms with Crippen LogP contribution in [0.1, 0.15) is 0 Å². The lowest BCUT2D eigenvalue weighted by Gasteiger charge is -2.24. The number of carbonyl (C=O) groups is 1. The van der Waals surface area contributed by atoms with Crippen molar-refractivity contribution in [2.45, 2.75) is 4.90 Å². The molecule has 0 aromatic heterocycles. The summed E-state index contributed by atoms with van der Waals surface area (Å²) in [5, 5.41) is 2.71. The molecule has 162 valence electrons. The lowest BCUT2D eigenvalue weighted by atomic mass is 10.2. The highest BCUT2D eigenvalue weighted by molar-refractivity contribution is 9.10. The molecule has 0 unspecified atom stereocenters. The molecular formula is C22H21BrN2O5S. The summed E-state index contributed by atoms with van der Waals surface area (Å²) in [4.78, 5) is 12.9. The summed E-state index contributed by atoms with van der Waals surface area (Å²) in [5.74, 6) is 0.459. The number of rotatable bonds is 8. The fraction of sp³-hybridized carbons (Fsp3) is 0.136. The van der Waals surface area contributed by atoms with Crippen molar-refractivity contribution in [2.75, 3.05) is 30.4 Å².